The van der Waals surface area contributed by atoms with Crippen molar-refractivity contribution in [3.05, 3.63) is 33.4 Å². The highest BCUT2D eigenvalue weighted by molar-refractivity contribution is 6.03. The number of hydrogen-bond acceptors (Lipinski definition) is 8. The molecule has 24 heavy (non-hydrogen) atoms. The Morgan fingerprint density at radius 2 is 2.04 bits per heavy atom. The predicted molar refractivity (Wildman–Crippen MR) is 76.7 cm³/mol. The Labute approximate surface area is 133 Å². The Balaban J connectivity index is 3.22. The fraction of sp³-hybridized carbons (Fsp3) is 0.154. The molecule has 1 aromatic rings. The van der Waals surface area contributed by atoms with Crippen LogP contribution in [0, 0.1) is 21.4 Å². The monoisotopic (exact) mass is 337 g/mol. The average Bonchev–Trinajstić information content (AvgIpc) is 2.52. The van der Waals surface area contributed by atoms with Gasteiger partial charge in [0.2, 0.25) is 5.75 Å². The molecule has 0 saturated heterocycles. The molecule has 11 nitrogen and oxygen atoms in total. The van der Waals surface area contributed by atoms with E-state index < -0.39 is 52.2 Å². The number of carboxylic acid groups (broad SMARTS) is 1. The van der Waals surface area contributed by atoms with Gasteiger partial charge in [0.05, 0.1) is 11.5 Å². The average molecular weight is 337 g/mol. The van der Waals surface area contributed by atoms with E-state index >= 15 is 0 Å². The van der Waals surface area contributed by atoms with E-state index in [1.54, 1.807) is 0 Å². The Hall–Kier alpha value is -3.65. The number of phenolic OH excluding ortho intramolecular Hbond substituents is 2. The summed E-state index contributed by atoms with van der Waals surface area (Å²) in [4.78, 5) is 32.3. The van der Waals surface area contributed by atoms with Crippen molar-refractivity contribution in [2.24, 2.45) is 0 Å². The van der Waals surface area contributed by atoms with Crippen LogP contribution in [0.5, 0.6) is 11.5 Å². The molecule has 0 bridgehead atoms. The predicted octanol–water partition coefficient (Wildman–Crippen LogP) is -0.525. The molecule has 0 aromatic heterocycles. The normalized spacial score (nSPS) is 12.1. The number of carbonyl (C=O) groups is 2. The van der Waals surface area contributed by atoms with Gasteiger partial charge in [0.15, 0.2) is 11.8 Å². The molecule has 0 aliphatic rings. The minimum atomic E-state index is -1.64. The van der Waals surface area contributed by atoms with Crippen molar-refractivity contribution in [2.45, 2.75) is 6.04 Å². The van der Waals surface area contributed by atoms with Crippen LogP contribution >= 0.6 is 0 Å². The van der Waals surface area contributed by atoms with Gasteiger partial charge in [-0.15, -0.1) is 0 Å². The lowest BCUT2D eigenvalue weighted by Gasteiger charge is -2.10. The second kappa shape index (κ2) is 7.56. The summed E-state index contributed by atoms with van der Waals surface area (Å²) in [5, 5.41) is 57.9. The van der Waals surface area contributed by atoms with Crippen LogP contribution in [0.2, 0.25) is 0 Å². The van der Waals surface area contributed by atoms with Crippen molar-refractivity contribution < 1.29 is 34.9 Å². The third-order valence-electron chi connectivity index (χ3n) is 2.75. The first-order valence-corrected chi connectivity index (χ1v) is 6.18. The van der Waals surface area contributed by atoms with Gasteiger partial charge in [-0.1, -0.05) is 0 Å². The molecule has 1 atom stereocenters. The number of nitro groups is 1. The van der Waals surface area contributed by atoms with Crippen LogP contribution < -0.4 is 5.32 Å². The molecule has 126 valence electrons. The summed E-state index contributed by atoms with van der Waals surface area (Å²) in [7, 11) is 0. The molecule has 11 heteroatoms. The van der Waals surface area contributed by atoms with Crippen LogP contribution in [0.4, 0.5) is 5.69 Å². The standard InChI is InChI=1S/C13H11N3O8/c14-4-7(12(20)15-8(5-17)13(21)22)1-6-2-9(16(23)24)11(19)10(18)3-6/h1-3,8,17-19H,5H2,(H,15,20)(H,21,22)/b7-1+. The number of aliphatic hydroxyl groups excluding tert-OH is 1. The lowest BCUT2D eigenvalue weighted by Crippen LogP contribution is -2.43. The van der Waals surface area contributed by atoms with E-state index in [9.17, 15) is 29.9 Å². The number of nitrogens with one attached hydrogen (secondary N) is 1. The lowest BCUT2D eigenvalue weighted by atomic mass is 10.1. The van der Waals surface area contributed by atoms with Gasteiger partial charge >= 0.3 is 11.7 Å². The van der Waals surface area contributed by atoms with E-state index in [1.165, 1.54) is 6.07 Å². The summed E-state index contributed by atoms with van der Waals surface area (Å²) >= 11 is 0. The molecule has 1 rings (SSSR count). The summed E-state index contributed by atoms with van der Waals surface area (Å²) in [6, 6.07) is 1.49. The number of carboxylic acids is 1. The van der Waals surface area contributed by atoms with Crippen LogP contribution in [0.3, 0.4) is 0 Å². The van der Waals surface area contributed by atoms with Crippen LogP contribution in [0.15, 0.2) is 17.7 Å². The number of amides is 1. The van der Waals surface area contributed by atoms with Gasteiger partial charge < -0.3 is 25.7 Å². The van der Waals surface area contributed by atoms with Crippen molar-refractivity contribution in [3.8, 4) is 17.6 Å². The Kier molecular flexibility index (Phi) is 5.80. The second-order valence-corrected chi connectivity index (χ2v) is 4.38. The van der Waals surface area contributed by atoms with Gasteiger partial charge in [-0.05, 0) is 17.7 Å². The number of carbonyl (C=O) groups excluding carboxylic acids is 1. The van der Waals surface area contributed by atoms with Crippen molar-refractivity contribution in [1.29, 1.82) is 5.26 Å². The molecule has 0 aliphatic heterocycles. The van der Waals surface area contributed by atoms with Crippen molar-refractivity contribution >= 4 is 23.6 Å². The van der Waals surface area contributed by atoms with Crippen molar-refractivity contribution in [2.75, 3.05) is 6.61 Å². The van der Waals surface area contributed by atoms with Gasteiger partial charge in [-0.2, -0.15) is 5.26 Å². The fourth-order valence-corrected chi connectivity index (χ4v) is 1.58. The number of nitro benzene ring substituents is 1. The van der Waals surface area contributed by atoms with Crippen LogP contribution in [0.25, 0.3) is 6.08 Å². The van der Waals surface area contributed by atoms with E-state index in [2.05, 4.69) is 0 Å². The molecule has 1 amide bonds. The Morgan fingerprint density at radius 1 is 1.42 bits per heavy atom. The summed E-state index contributed by atoms with van der Waals surface area (Å²) in [6.07, 6.45) is 0.845. The molecule has 5 N–H and O–H groups in total. The zero-order valence-electron chi connectivity index (χ0n) is 11.8. The number of hydrogen-bond donors (Lipinski definition) is 5. The first-order valence-electron chi connectivity index (χ1n) is 6.18. The summed E-state index contributed by atoms with van der Waals surface area (Å²) in [6.45, 7) is -0.911. The van der Waals surface area contributed by atoms with Gasteiger partial charge in [0, 0.05) is 6.07 Å². The zero-order valence-corrected chi connectivity index (χ0v) is 11.8. The molecule has 0 saturated carbocycles. The number of benzene rings is 1. The SMILES string of the molecule is N#C/C(=C\c1cc(O)c(O)c([N+](=O)[O-])c1)C(=O)NC(CO)C(=O)O. The smallest absolute Gasteiger partial charge is 0.328 e. The number of aromatic hydroxyl groups is 2. The molecule has 0 heterocycles. The second-order valence-electron chi connectivity index (χ2n) is 4.38. The van der Waals surface area contributed by atoms with Gasteiger partial charge in [0.1, 0.15) is 11.6 Å². The topological polar surface area (TPSA) is 194 Å². The third kappa shape index (κ3) is 4.18. The number of nitrogens with zero attached hydrogens (tertiary/aromatic N) is 2. The highest BCUT2D eigenvalue weighted by Crippen LogP contribution is 2.36. The first kappa shape index (κ1) is 18.4. The number of nitriles is 1. The molecule has 1 aromatic carbocycles. The van der Waals surface area contributed by atoms with Crippen molar-refractivity contribution in [1.82, 2.24) is 5.32 Å². The minimum absolute atomic E-state index is 0.153. The van der Waals surface area contributed by atoms with Crippen LogP contribution in [-0.4, -0.2) is 49.9 Å². The zero-order chi connectivity index (χ0) is 18.4. The summed E-state index contributed by atoms with van der Waals surface area (Å²) in [5.74, 6) is -4.49. The summed E-state index contributed by atoms with van der Waals surface area (Å²) < 4.78 is 0. The van der Waals surface area contributed by atoms with E-state index in [-0.39, 0.29) is 5.56 Å². The quantitative estimate of drug-likeness (QED) is 0.149. The highest BCUT2D eigenvalue weighted by atomic mass is 16.6. The molecular weight excluding hydrogens is 326 g/mol. The third-order valence-corrected chi connectivity index (χ3v) is 2.75. The van der Waals surface area contributed by atoms with E-state index in [1.807, 2.05) is 5.32 Å². The first-order chi connectivity index (χ1) is 11.2. The maximum atomic E-state index is 11.8. The molecule has 0 spiro atoms. The Morgan fingerprint density at radius 3 is 2.50 bits per heavy atom. The fourth-order valence-electron chi connectivity index (χ4n) is 1.58. The maximum absolute atomic E-state index is 11.8. The number of phenols is 2. The van der Waals surface area contributed by atoms with Gasteiger partial charge in [-0.3, -0.25) is 14.9 Å². The highest BCUT2D eigenvalue weighted by Gasteiger charge is 2.22. The molecule has 0 radical (unpaired) electrons. The number of rotatable bonds is 6. The Bertz CT molecular complexity index is 765. The van der Waals surface area contributed by atoms with Gasteiger partial charge in [0.25, 0.3) is 5.91 Å². The number of aliphatic hydroxyl groups is 1. The van der Waals surface area contributed by atoms with E-state index in [4.69, 9.17) is 15.5 Å². The van der Waals surface area contributed by atoms with Crippen LogP contribution in [-0.2, 0) is 9.59 Å². The maximum Gasteiger partial charge on any atom is 0.328 e. The van der Waals surface area contributed by atoms with Gasteiger partial charge in [-0.25, -0.2) is 4.79 Å². The van der Waals surface area contributed by atoms with Crippen molar-refractivity contribution in [3.63, 3.8) is 0 Å². The largest absolute Gasteiger partial charge is 0.504 e. The molecule has 0 fully saturated rings. The molecule has 1 unspecified atom stereocenters. The summed E-state index contributed by atoms with van der Waals surface area (Å²) in [5.41, 5.74) is -1.63. The van der Waals surface area contributed by atoms with E-state index in [0.29, 0.717) is 0 Å². The van der Waals surface area contributed by atoms with Crippen LogP contribution in [0.1, 0.15) is 5.56 Å². The molecular formula is C13H11N3O8. The molecule has 0 aliphatic carbocycles. The minimum Gasteiger partial charge on any atom is -0.504 e. The number of aliphatic carboxylic acids is 1. The van der Waals surface area contributed by atoms with E-state index in [0.717, 1.165) is 18.2 Å². The lowest BCUT2D eigenvalue weighted by molar-refractivity contribution is -0.386.